The highest BCUT2D eigenvalue weighted by Crippen LogP contribution is 2.03. The summed E-state index contributed by atoms with van der Waals surface area (Å²) in [6.07, 6.45) is 1.93. The molecular weight excluding hydrogens is 194 g/mol. The Labute approximate surface area is 89.4 Å². The number of esters is 1. The standard InChI is InChI=1S/C10H17N3O2/c1-8(2)13-5-4-9(12-13)6-11-7-10(14)15-3/h4-5,8,11H,6-7H2,1-3H3. The van der Waals surface area contributed by atoms with Crippen molar-refractivity contribution in [3.05, 3.63) is 18.0 Å². The van der Waals surface area contributed by atoms with Gasteiger partial charge in [0.1, 0.15) is 0 Å². The van der Waals surface area contributed by atoms with Gasteiger partial charge >= 0.3 is 5.97 Å². The number of ether oxygens (including phenoxy) is 1. The summed E-state index contributed by atoms with van der Waals surface area (Å²) in [7, 11) is 1.37. The Morgan fingerprint density at radius 3 is 2.93 bits per heavy atom. The van der Waals surface area contributed by atoms with Crippen LogP contribution in [0.1, 0.15) is 25.6 Å². The van der Waals surface area contributed by atoms with Gasteiger partial charge in [-0.15, -0.1) is 0 Å². The predicted molar refractivity (Wildman–Crippen MR) is 56.3 cm³/mol. The summed E-state index contributed by atoms with van der Waals surface area (Å²) in [5.41, 5.74) is 0.924. The van der Waals surface area contributed by atoms with E-state index in [1.165, 1.54) is 7.11 Å². The molecule has 1 aromatic rings. The Morgan fingerprint density at radius 1 is 1.67 bits per heavy atom. The molecule has 0 spiro atoms. The largest absolute Gasteiger partial charge is 0.468 e. The normalized spacial score (nSPS) is 10.7. The molecule has 0 aliphatic rings. The first kappa shape index (κ1) is 11.7. The maximum Gasteiger partial charge on any atom is 0.319 e. The second-order valence-corrected chi connectivity index (χ2v) is 3.56. The summed E-state index contributed by atoms with van der Waals surface area (Å²) in [5.74, 6) is -0.265. The van der Waals surface area contributed by atoms with Crippen molar-refractivity contribution < 1.29 is 9.53 Å². The van der Waals surface area contributed by atoms with Crippen molar-refractivity contribution in [3.63, 3.8) is 0 Å². The van der Waals surface area contributed by atoms with Crippen molar-refractivity contribution in [1.29, 1.82) is 0 Å². The molecule has 0 radical (unpaired) electrons. The molecule has 0 aliphatic heterocycles. The number of hydrogen-bond acceptors (Lipinski definition) is 4. The lowest BCUT2D eigenvalue weighted by Crippen LogP contribution is -2.23. The van der Waals surface area contributed by atoms with Crippen molar-refractivity contribution in [3.8, 4) is 0 Å². The molecular formula is C10H17N3O2. The lowest BCUT2D eigenvalue weighted by molar-refractivity contribution is -0.139. The van der Waals surface area contributed by atoms with Gasteiger partial charge in [0.25, 0.3) is 0 Å². The zero-order chi connectivity index (χ0) is 11.3. The number of nitrogens with one attached hydrogen (secondary N) is 1. The molecule has 0 aromatic carbocycles. The molecule has 1 aromatic heterocycles. The van der Waals surface area contributed by atoms with E-state index < -0.39 is 0 Å². The van der Waals surface area contributed by atoms with E-state index in [0.717, 1.165) is 5.69 Å². The predicted octanol–water partition coefficient (Wildman–Crippen LogP) is 0.727. The van der Waals surface area contributed by atoms with E-state index >= 15 is 0 Å². The first-order chi connectivity index (χ1) is 7.13. The van der Waals surface area contributed by atoms with Crippen LogP contribution in [-0.2, 0) is 16.1 Å². The molecule has 0 bridgehead atoms. The van der Waals surface area contributed by atoms with Crippen molar-refractivity contribution in [1.82, 2.24) is 15.1 Å². The van der Waals surface area contributed by atoms with Gasteiger partial charge in [0.05, 0.1) is 19.3 Å². The second kappa shape index (κ2) is 5.50. The Bertz CT molecular complexity index is 320. The molecule has 0 saturated heterocycles. The zero-order valence-electron chi connectivity index (χ0n) is 9.36. The third-order valence-corrected chi connectivity index (χ3v) is 2.00. The van der Waals surface area contributed by atoms with Gasteiger partial charge in [0, 0.05) is 18.8 Å². The number of methoxy groups -OCH3 is 1. The van der Waals surface area contributed by atoms with E-state index in [1.807, 2.05) is 16.9 Å². The number of carbonyl (C=O) groups is 1. The molecule has 0 atom stereocenters. The van der Waals surface area contributed by atoms with Crippen LogP contribution in [0.2, 0.25) is 0 Å². The van der Waals surface area contributed by atoms with Gasteiger partial charge in [-0.25, -0.2) is 0 Å². The third-order valence-electron chi connectivity index (χ3n) is 2.00. The highest BCUT2D eigenvalue weighted by Gasteiger charge is 2.03. The number of rotatable bonds is 5. The zero-order valence-corrected chi connectivity index (χ0v) is 9.36. The van der Waals surface area contributed by atoms with Gasteiger partial charge in [-0.05, 0) is 19.9 Å². The molecule has 84 valence electrons. The molecule has 0 saturated carbocycles. The highest BCUT2D eigenvalue weighted by atomic mass is 16.5. The van der Waals surface area contributed by atoms with Crippen molar-refractivity contribution in [2.75, 3.05) is 13.7 Å². The van der Waals surface area contributed by atoms with Crippen LogP contribution in [0.3, 0.4) is 0 Å². The van der Waals surface area contributed by atoms with Crippen LogP contribution in [0.15, 0.2) is 12.3 Å². The maximum absolute atomic E-state index is 10.8. The van der Waals surface area contributed by atoms with E-state index in [1.54, 1.807) is 0 Å². The van der Waals surface area contributed by atoms with Gasteiger partial charge < -0.3 is 10.1 Å². The highest BCUT2D eigenvalue weighted by molar-refractivity contribution is 5.71. The van der Waals surface area contributed by atoms with Gasteiger partial charge in [0.2, 0.25) is 0 Å². The molecule has 1 heterocycles. The van der Waals surface area contributed by atoms with Gasteiger partial charge in [-0.3, -0.25) is 9.48 Å². The molecule has 5 nitrogen and oxygen atoms in total. The van der Waals surface area contributed by atoms with Crippen molar-refractivity contribution >= 4 is 5.97 Å². The minimum atomic E-state index is -0.265. The minimum absolute atomic E-state index is 0.213. The fraction of sp³-hybridized carbons (Fsp3) is 0.600. The average Bonchev–Trinajstić information content (AvgIpc) is 2.66. The number of aromatic nitrogens is 2. The second-order valence-electron chi connectivity index (χ2n) is 3.56. The SMILES string of the molecule is COC(=O)CNCc1ccn(C(C)C)n1. The van der Waals surface area contributed by atoms with Crippen molar-refractivity contribution in [2.45, 2.75) is 26.4 Å². The maximum atomic E-state index is 10.8. The van der Waals surface area contributed by atoms with Crippen molar-refractivity contribution in [2.24, 2.45) is 0 Å². The monoisotopic (exact) mass is 211 g/mol. The van der Waals surface area contributed by atoms with Gasteiger partial charge in [0.15, 0.2) is 0 Å². The molecule has 1 rings (SSSR count). The van der Waals surface area contributed by atoms with Crippen LogP contribution < -0.4 is 5.32 Å². The summed E-state index contributed by atoms with van der Waals surface area (Å²) in [4.78, 5) is 10.8. The quantitative estimate of drug-likeness (QED) is 0.729. The van der Waals surface area contributed by atoms with Crippen LogP contribution in [0, 0.1) is 0 Å². The molecule has 15 heavy (non-hydrogen) atoms. The number of carbonyl (C=O) groups excluding carboxylic acids is 1. The fourth-order valence-electron chi connectivity index (χ4n) is 1.12. The molecule has 5 heteroatoms. The van der Waals surface area contributed by atoms with Gasteiger partial charge in [-0.2, -0.15) is 5.10 Å². The van der Waals surface area contributed by atoms with Crippen LogP contribution in [0.25, 0.3) is 0 Å². The Kier molecular flexibility index (Phi) is 4.30. The summed E-state index contributed by atoms with van der Waals surface area (Å²) in [6, 6.07) is 2.30. The molecule has 1 N–H and O–H groups in total. The van der Waals surface area contributed by atoms with Crippen LogP contribution in [0.5, 0.6) is 0 Å². The Balaban J connectivity index is 2.34. The van der Waals surface area contributed by atoms with E-state index in [9.17, 15) is 4.79 Å². The molecule has 0 aliphatic carbocycles. The summed E-state index contributed by atoms with van der Waals surface area (Å²) in [5, 5.41) is 7.29. The Hall–Kier alpha value is -1.36. The number of hydrogen-bond donors (Lipinski definition) is 1. The topological polar surface area (TPSA) is 56.1 Å². The average molecular weight is 211 g/mol. The fourth-order valence-corrected chi connectivity index (χ4v) is 1.12. The van der Waals surface area contributed by atoms with E-state index in [0.29, 0.717) is 12.6 Å². The van der Waals surface area contributed by atoms with Crippen LogP contribution in [-0.4, -0.2) is 29.4 Å². The Morgan fingerprint density at radius 2 is 2.40 bits per heavy atom. The van der Waals surface area contributed by atoms with Gasteiger partial charge in [-0.1, -0.05) is 0 Å². The summed E-state index contributed by atoms with van der Waals surface area (Å²) < 4.78 is 6.39. The van der Waals surface area contributed by atoms with Crippen LogP contribution >= 0.6 is 0 Å². The molecule has 0 fully saturated rings. The first-order valence-corrected chi connectivity index (χ1v) is 4.95. The van der Waals surface area contributed by atoms with E-state index in [4.69, 9.17) is 0 Å². The van der Waals surface area contributed by atoms with E-state index in [-0.39, 0.29) is 12.5 Å². The summed E-state index contributed by atoms with van der Waals surface area (Å²) in [6.45, 7) is 4.93. The minimum Gasteiger partial charge on any atom is -0.468 e. The summed E-state index contributed by atoms with van der Waals surface area (Å²) >= 11 is 0. The first-order valence-electron chi connectivity index (χ1n) is 4.95. The number of nitrogens with zero attached hydrogens (tertiary/aromatic N) is 2. The molecule has 0 unspecified atom stereocenters. The van der Waals surface area contributed by atoms with Crippen LogP contribution in [0.4, 0.5) is 0 Å². The smallest absolute Gasteiger partial charge is 0.319 e. The third kappa shape index (κ3) is 3.71. The lowest BCUT2D eigenvalue weighted by atomic mass is 10.4. The lowest BCUT2D eigenvalue weighted by Gasteiger charge is -2.04. The molecule has 0 amide bonds. The van der Waals surface area contributed by atoms with E-state index in [2.05, 4.69) is 29.0 Å².